The van der Waals surface area contributed by atoms with Gasteiger partial charge in [0.2, 0.25) is 5.82 Å². The molecule has 7 heteroatoms. The summed E-state index contributed by atoms with van der Waals surface area (Å²) in [6.45, 7) is 2.15. The number of methoxy groups -OCH3 is 1. The smallest absolute Gasteiger partial charge is 0.327 e. The standard InChI is InChI=1S/C10H12BrFN2O3/c1-6(5-17-2)13-9-4-7(11)3-8(12)10(9)14(15)16/h3-4,6,13H,5H2,1-2H3/t6-/m1/s1. The van der Waals surface area contributed by atoms with E-state index < -0.39 is 16.4 Å². The van der Waals surface area contributed by atoms with Crippen LogP contribution in [0.25, 0.3) is 0 Å². The van der Waals surface area contributed by atoms with Crippen molar-refractivity contribution in [1.29, 1.82) is 0 Å². The zero-order chi connectivity index (χ0) is 13.0. The van der Waals surface area contributed by atoms with Gasteiger partial charge in [-0.3, -0.25) is 10.1 Å². The normalized spacial score (nSPS) is 12.2. The first kappa shape index (κ1) is 13.9. The van der Waals surface area contributed by atoms with Crippen LogP contribution in [0.1, 0.15) is 6.92 Å². The van der Waals surface area contributed by atoms with Gasteiger partial charge in [0, 0.05) is 17.6 Å². The molecule has 0 saturated heterocycles. The Morgan fingerprint density at radius 1 is 1.65 bits per heavy atom. The highest BCUT2D eigenvalue weighted by Crippen LogP contribution is 2.31. The molecule has 0 saturated carbocycles. The summed E-state index contributed by atoms with van der Waals surface area (Å²) >= 11 is 3.09. The number of nitro benzene ring substituents is 1. The summed E-state index contributed by atoms with van der Waals surface area (Å²) in [5, 5.41) is 13.6. The van der Waals surface area contributed by atoms with Crippen molar-refractivity contribution in [2.75, 3.05) is 19.0 Å². The molecule has 0 aliphatic heterocycles. The summed E-state index contributed by atoms with van der Waals surface area (Å²) in [5.74, 6) is -0.878. The summed E-state index contributed by atoms with van der Waals surface area (Å²) in [7, 11) is 1.52. The summed E-state index contributed by atoms with van der Waals surface area (Å²) < 4.78 is 18.8. The molecular formula is C10H12BrFN2O3. The Hall–Kier alpha value is -1.21. The van der Waals surface area contributed by atoms with Crippen molar-refractivity contribution in [3.05, 3.63) is 32.5 Å². The maximum absolute atomic E-state index is 13.5. The Bertz CT molecular complexity index is 428. The molecule has 1 N–H and O–H groups in total. The van der Waals surface area contributed by atoms with Crippen molar-refractivity contribution in [3.63, 3.8) is 0 Å². The van der Waals surface area contributed by atoms with Gasteiger partial charge in [-0.25, -0.2) is 0 Å². The van der Waals surface area contributed by atoms with Gasteiger partial charge in [-0.15, -0.1) is 0 Å². The molecule has 0 bridgehead atoms. The Balaban J connectivity index is 3.08. The quantitative estimate of drug-likeness (QED) is 0.671. The predicted molar refractivity (Wildman–Crippen MR) is 65.7 cm³/mol. The molecule has 0 amide bonds. The molecule has 94 valence electrons. The first-order chi connectivity index (χ1) is 7.95. The molecule has 0 unspecified atom stereocenters. The van der Waals surface area contributed by atoms with Gasteiger partial charge in [0.1, 0.15) is 5.69 Å². The molecular weight excluding hydrogens is 295 g/mol. The first-order valence-electron chi connectivity index (χ1n) is 4.84. The Labute approximate surface area is 106 Å². The average Bonchev–Trinajstić information content (AvgIpc) is 2.15. The summed E-state index contributed by atoms with van der Waals surface area (Å²) in [5.41, 5.74) is -0.428. The summed E-state index contributed by atoms with van der Waals surface area (Å²) in [6.07, 6.45) is 0. The van der Waals surface area contributed by atoms with E-state index in [0.29, 0.717) is 11.1 Å². The van der Waals surface area contributed by atoms with Crippen molar-refractivity contribution in [2.45, 2.75) is 13.0 Å². The monoisotopic (exact) mass is 306 g/mol. The minimum Gasteiger partial charge on any atom is -0.383 e. The number of nitrogens with one attached hydrogen (secondary N) is 1. The van der Waals surface area contributed by atoms with Gasteiger partial charge in [-0.05, 0) is 19.1 Å². The molecule has 1 atom stereocenters. The van der Waals surface area contributed by atoms with Crippen LogP contribution in [-0.4, -0.2) is 24.7 Å². The van der Waals surface area contributed by atoms with E-state index in [9.17, 15) is 14.5 Å². The van der Waals surface area contributed by atoms with Crippen molar-refractivity contribution in [3.8, 4) is 0 Å². The molecule has 1 rings (SSSR count). The van der Waals surface area contributed by atoms with Gasteiger partial charge in [0.15, 0.2) is 0 Å². The van der Waals surface area contributed by atoms with Crippen LogP contribution in [-0.2, 0) is 4.74 Å². The molecule has 0 fully saturated rings. The Morgan fingerprint density at radius 2 is 2.29 bits per heavy atom. The lowest BCUT2D eigenvalue weighted by molar-refractivity contribution is -0.386. The first-order valence-corrected chi connectivity index (χ1v) is 5.64. The number of hydrogen-bond donors (Lipinski definition) is 1. The lowest BCUT2D eigenvalue weighted by atomic mass is 10.2. The van der Waals surface area contributed by atoms with E-state index in [1.54, 1.807) is 6.92 Å². The fourth-order valence-corrected chi connectivity index (χ4v) is 1.85. The van der Waals surface area contributed by atoms with Crippen molar-refractivity contribution >= 4 is 27.3 Å². The second-order valence-corrected chi connectivity index (χ2v) is 4.46. The third kappa shape index (κ3) is 3.64. The fraction of sp³-hybridized carbons (Fsp3) is 0.400. The van der Waals surface area contributed by atoms with Gasteiger partial charge >= 0.3 is 5.69 Å². The number of hydrogen-bond acceptors (Lipinski definition) is 4. The van der Waals surface area contributed by atoms with Crippen LogP contribution >= 0.6 is 15.9 Å². The maximum Gasteiger partial charge on any atom is 0.327 e. The number of halogens is 2. The van der Waals surface area contributed by atoms with Gasteiger partial charge in [-0.2, -0.15) is 4.39 Å². The number of rotatable bonds is 5. The second kappa shape index (κ2) is 5.92. The minimum absolute atomic E-state index is 0.131. The Kier molecular flexibility index (Phi) is 4.83. The van der Waals surface area contributed by atoms with Gasteiger partial charge in [0.25, 0.3) is 0 Å². The number of nitro groups is 1. The third-order valence-electron chi connectivity index (χ3n) is 2.03. The zero-order valence-corrected chi connectivity index (χ0v) is 11.0. The Morgan fingerprint density at radius 3 is 2.82 bits per heavy atom. The molecule has 0 aliphatic carbocycles. The van der Waals surface area contributed by atoms with Crippen LogP contribution in [0.15, 0.2) is 16.6 Å². The van der Waals surface area contributed by atoms with E-state index in [1.807, 2.05) is 0 Å². The number of anilines is 1. The summed E-state index contributed by atoms with van der Waals surface area (Å²) in [4.78, 5) is 10.0. The van der Waals surface area contributed by atoms with Crippen LogP contribution < -0.4 is 5.32 Å². The topological polar surface area (TPSA) is 64.4 Å². The zero-order valence-electron chi connectivity index (χ0n) is 9.37. The molecule has 0 aromatic heterocycles. The number of benzene rings is 1. The van der Waals surface area contributed by atoms with Gasteiger partial charge in [-0.1, -0.05) is 15.9 Å². The van der Waals surface area contributed by atoms with Crippen LogP contribution in [0.3, 0.4) is 0 Å². The summed E-state index contributed by atoms with van der Waals surface area (Å²) in [6, 6.07) is 2.37. The predicted octanol–water partition coefficient (Wildman–Crippen LogP) is 2.94. The molecule has 5 nitrogen and oxygen atoms in total. The van der Waals surface area contributed by atoms with Gasteiger partial charge in [0.05, 0.1) is 11.5 Å². The van der Waals surface area contributed by atoms with Crippen LogP contribution in [0.2, 0.25) is 0 Å². The molecule has 1 aromatic rings. The second-order valence-electron chi connectivity index (χ2n) is 3.54. The SMILES string of the molecule is COC[C@@H](C)Nc1cc(Br)cc(F)c1[N+](=O)[O-]. The van der Waals surface area contributed by atoms with E-state index >= 15 is 0 Å². The van der Waals surface area contributed by atoms with Crippen molar-refractivity contribution in [2.24, 2.45) is 0 Å². The number of nitrogens with zero attached hydrogens (tertiary/aromatic N) is 1. The highest BCUT2D eigenvalue weighted by Gasteiger charge is 2.22. The molecule has 0 aliphatic rings. The average molecular weight is 307 g/mol. The molecule has 0 spiro atoms. The van der Waals surface area contributed by atoms with Crippen molar-refractivity contribution < 1.29 is 14.1 Å². The lowest BCUT2D eigenvalue weighted by Gasteiger charge is -2.14. The van der Waals surface area contributed by atoms with Crippen LogP contribution in [0.5, 0.6) is 0 Å². The van der Waals surface area contributed by atoms with Crippen LogP contribution in [0.4, 0.5) is 15.8 Å². The van der Waals surface area contributed by atoms with E-state index in [2.05, 4.69) is 21.2 Å². The molecule has 0 heterocycles. The van der Waals surface area contributed by atoms with Crippen LogP contribution in [0, 0.1) is 15.9 Å². The van der Waals surface area contributed by atoms with E-state index in [1.165, 1.54) is 13.2 Å². The number of ether oxygens (including phenoxy) is 1. The molecule has 1 aromatic carbocycles. The molecule has 0 radical (unpaired) electrons. The molecule has 17 heavy (non-hydrogen) atoms. The highest BCUT2D eigenvalue weighted by atomic mass is 79.9. The third-order valence-corrected chi connectivity index (χ3v) is 2.49. The fourth-order valence-electron chi connectivity index (χ4n) is 1.42. The van der Waals surface area contributed by atoms with E-state index in [4.69, 9.17) is 4.74 Å². The van der Waals surface area contributed by atoms with E-state index in [0.717, 1.165) is 6.07 Å². The van der Waals surface area contributed by atoms with Crippen molar-refractivity contribution in [1.82, 2.24) is 0 Å². The lowest BCUT2D eigenvalue weighted by Crippen LogP contribution is -2.21. The maximum atomic E-state index is 13.5. The highest BCUT2D eigenvalue weighted by molar-refractivity contribution is 9.10. The van der Waals surface area contributed by atoms with Gasteiger partial charge < -0.3 is 10.1 Å². The largest absolute Gasteiger partial charge is 0.383 e. The minimum atomic E-state index is -0.878. The van der Waals surface area contributed by atoms with E-state index in [-0.39, 0.29) is 11.7 Å².